The van der Waals surface area contributed by atoms with Crippen LogP contribution in [0.25, 0.3) is 0 Å². The summed E-state index contributed by atoms with van der Waals surface area (Å²) in [7, 11) is 1.73. The maximum atomic E-state index is 13.5. The van der Waals surface area contributed by atoms with E-state index in [1.807, 2.05) is 6.07 Å². The first kappa shape index (κ1) is 21.5. The first-order valence-electron chi connectivity index (χ1n) is 11.8. The predicted octanol–water partition coefficient (Wildman–Crippen LogP) is 2.43. The van der Waals surface area contributed by atoms with Crippen LogP contribution in [-0.4, -0.2) is 84.7 Å². The van der Waals surface area contributed by atoms with Crippen molar-refractivity contribution in [2.75, 3.05) is 57.9 Å². The largest absolute Gasteiger partial charge is 0.383 e. The van der Waals surface area contributed by atoms with Gasteiger partial charge >= 0.3 is 0 Å². The monoisotopic (exact) mass is 415 g/mol. The summed E-state index contributed by atoms with van der Waals surface area (Å²) in [5.74, 6) is 1.82. The molecule has 4 rings (SSSR count). The second-order valence-corrected chi connectivity index (χ2v) is 9.09. The molecule has 0 aromatic carbocycles. The second-order valence-electron chi connectivity index (χ2n) is 9.09. The average Bonchev–Trinajstić information content (AvgIpc) is 2.82. The summed E-state index contributed by atoms with van der Waals surface area (Å²) < 4.78 is 5.35. The van der Waals surface area contributed by atoms with Gasteiger partial charge in [-0.15, -0.1) is 0 Å². The highest BCUT2D eigenvalue weighted by molar-refractivity contribution is 5.79. The number of hydrogen-bond donors (Lipinski definition) is 0. The van der Waals surface area contributed by atoms with Gasteiger partial charge in [0.25, 0.3) is 0 Å². The Morgan fingerprint density at radius 2 is 1.83 bits per heavy atom. The zero-order chi connectivity index (χ0) is 20.8. The molecule has 1 aromatic rings. The van der Waals surface area contributed by atoms with Crippen molar-refractivity contribution < 1.29 is 9.53 Å². The number of aromatic nitrogens is 2. The molecule has 3 saturated heterocycles. The molecular formula is C23H37N5O2. The van der Waals surface area contributed by atoms with E-state index in [1.54, 1.807) is 19.5 Å². The number of ether oxygens (including phenoxy) is 1. The molecule has 0 unspecified atom stereocenters. The molecule has 3 aliphatic heterocycles. The standard InChI is InChI=1S/C23H37N5O2/c1-30-17-16-28(18-20-6-4-13-26-12-3-2-7-21(20)26)22(29)19-8-14-27(15-9-19)23-24-10-5-11-25-23/h5,10-11,19-21H,2-4,6-9,12-18H2,1H3/t20-,21+/m0/s1. The zero-order valence-corrected chi connectivity index (χ0v) is 18.4. The van der Waals surface area contributed by atoms with E-state index in [0.717, 1.165) is 38.4 Å². The van der Waals surface area contributed by atoms with E-state index in [0.29, 0.717) is 31.0 Å². The van der Waals surface area contributed by atoms with Crippen molar-refractivity contribution >= 4 is 11.9 Å². The number of carbonyl (C=O) groups is 1. The van der Waals surface area contributed by atoms with Crippen molar-refractivity contribution in [2.24, 2.45) is 11.8 Å². The molecule has 0 bridgehead atoms. The van der Waals surface area contributed by atoms with Crippen molar-refractivity contribution in [1.29, 1.82) is 0 Å². The molecule has 0 spiro atoms. The van der Waals surface area contributed by atoms with Gasteiger partial charge < -0.3 is 19.4 Å². The van der Waals surface area contributed by atoms with Crippen LogP contribution in [0.4, 0.5) is 5.95 Å². The van der Waals surface area contributed by atoms with E-state index >= 15 is 0 Å². The smallest absolute Gasteiger partial charge is 0.225 e. The third-order valence-electron chi connectivity index (χ3n) is 7.24. The Balaban J connectivity index is 1.36. The van der Waals surface area contributed by atoms with Gasteiger partial charge in [-0.05, 0) is 63.6 Å². The molecule has 3 fully saturated rings. The lowest BCUT2D eigenvalue weighted by Crippen LogP contribution is -2.53. The summed E-state index contributed by atoms with van der Waals surface area (Å²) in [4.78, 5) is 29.2. The first-order chi connectivity index (χ1) is 14.8. The molecule has 1 aromatic heterocycles. The highest BCUT2D eigenvalue weighted by atomic mass is 16.5. The lowest BCUT2D eigenvalue weighted by atomic mass is 9.83. The molecule has 166 valence electrons. The Labute approximate surface area is 180 Å². The van der Waals surface area contributed by atoms with Crippen LogP contribution in [0.2, 0.25) is 0 Å². The van der Waals surface area contributed by atoms with Crippen molar-refractivity contribution in [3.8, 4) is 0 Å². The molecule has 30 heavy (non-hydrogen) atoms. The van der Waals surface area contributed by atoms with Gasteiger partial charge in [-0.3, -0.25) is 4.79 Å². The average molecular weight is 416 g/mol. The van der Waals surface area contributed by atoms with Crippen LogP contribution in [0.3, 0.4) is 0 Å². The van der Waals surface area contributed by atoms with Gasteiger partial charge in [0.1, 0.15) is 0 Å². The van der Waals surface area contributed by atoms with Crippen molar-refractivity contribution in [1.82, 2.24) is 19.8 Å². The van der Waals surface area contributed by atoms with Gasteiger partial charge in [-0.25, -0.2) is 9.97 Å². The Bertz CT molecular complexity index is 663. The third-order valence-corrected chi connectivity index (χ3v) is 7.24. The lowest BCUT2D eigenvalue weighted by Gasteiger charge is -2.46. The van der Waals surface area contributed by atoms with E-state index in [2.05, 4.69) is 24.7 Å². The normalized spacial score (nSPS) is 25.7. The number of amides is 1. The molecule has 0 saturated carbocycles. The first-order valence-corrected chi connectivity index (χ1v) is 11.8. The topological polar surface area (TPSA) is 61.8 Å². The van der Waals surface area contributed by atoms with Crippen LogP contribution in [0.1, 0.15) is 44.9 Å². The van der Waals surface area contributed by atoms with E-state index in [1.165, 1.54) is 45.2 Å². The fraction of sp³-hybridized carbons (Fsp3) is 0.783. The van der Waals surface area contributed by atoms with Crippen molar-refractivity contribution in [3.63, 3.8) is 0 Å². The van der Waals surface area contributed by atoms with Crippen molar-refractivity contribution in [3.05, 3.63) is 18.5 Å². The number of carbonyl (C=O) groups excluding carboxylic acids is 1. The second kappa shape index (κ2) is 10.5. The summed E-state index contributed by atoms with van der Waals surface area (Å²) >= 11 is 0. The molecule has 0 aliphatic carbocycles. The predicted molar refractivity (Wildman–Crippen MR) is 117 cm³/mol. The number of fused-ring (bicyclic) bond motifs is 1. The van der Waals surface area contributed by atoms with E-state index in [4.69, 9.17) is 4.74 Å². The van der Waals surface area contributed by atoms with Crippen LogP contribution >= 0.6 is 0 Å². The summed E-state index contributed by atoms with van der Waals surface area (Å²) in [6, 6.07) is 2.51. The molecule has 7 heteroatoms. The van der Waals surface area contributed by atoms with E-state index in [-0.39, 0.29) is 5.92 Å². The number of rotatable bonds is 7. The van der Waals surface area contributed by atoms with Gasteiger partial charge in [-0.2, -0.15) is 0 Å². The number of piperidine rings is 3. The highest BCUT2D eigenvalue weighted by Crippen LogP contribution is 2.32. The third kappa shape index (κ3) is 5.11. The fourth-order valence-corrected chi connectivity index (χ4v) is 5.61. The van der Waals surface area contributed by atoms with Crippen LogP contribution in [0, 0.1) is 11.8 Å². The zero-order valence-electron chi connectivity index (χ0n) is 18.4. The van der Waals surface area contributed by atoms with Crippen molar-refractivity contribution in [2.45, 2.75) is 51.0 Å². The summed E-state index contributed by atoms with van der Waals surface area (Å²) in [5.41, 5.74) is 0. The van der Waals surface area contributed by atoms with Crippen LogP contribution in [0.5, 0.6) is 0 Å². The molecule has 7 nitrogen and oxygen atoms in total. The van der Waals surface area contributed by atoms with Crippen LogP contribution in [-0.2, 0) is 9.53 Å². The SMILES string of the molecule is COCCN(C[C@@H]1CCCN2CCCC[C@H]12)C(=O)C1CCN(c2ncccn2)CC1. The van der Waals surface area contributed by atoms with Crippen LogP contribution < -0.4 is 4.90 Å². The van der Waals surface area contributed by atoms with Gasteiger partial charge in [0.05, 0.1) is 6.61 Å². The number of nitrogens with zero attached hydrogens (tertiary/aromatic N) is 5. The molecule has 0 radical (unpaired) electrons. The maximum Gasteiger partial charge on any atom is 0.225 e. The molecule has 0 N–H and O–H groups in total. The summed E-state index contributed by atoms with van der Waals surface area (Å²) in [6.45, 7) is 6.40. The van der Waals surface area contributed by atoms with E-state index < -0.39 is 0 Å². The van der Waals surface area contributed by atoms with E-state index in [9.17, 15) is 4.79 Å². The summed E-state index contributed by atoms with van der Waals surface area (Å²) in [5, 5.41) is 0. The minimum Gasteiger partial charge on any atom is -0.383 e. The Kier molecular flexibility index (Phi) is 7.55. The number of hydrogen-bond acceptors (Lipinski definition) is 6. The van der Waals surface area contributed by atoms with Crippen LogP contribution in [0.15, 0.2) is 18.5 Å². The maximum absolute atomic E-state index is 13.5. The lowest BCUT2D eigenvalue weighted by molar-refractivity contribution is -0.138. The number of methoxy groups -OCH3 is 1. The Morgan fingerprint density at radius 1 is 1.07 bits per heavy atom. The molecule has 4 heterocycles. The van der Waals surface area contributed by atoms with Gasteiger partial charge in [0.2, 0.25) is 11.9 Å². The number of anilines is 1. The Hall–Kier alpha value is -1.73. The Morgan fingerprint density at radius 3 is 2.60 bits per heavy atom. The minimum atomic E-state index is 0.105. The molecule has 3 aliphatic rings. The summed E-state index contributed by atoms with van der Waals surface area (Å²) in [6.07, 6.45) is 11.8. The fourth-order valence-electron chi connectivity index (χ4n) is 5.61. The quantitative estimate of drug-likeness (QED) is 0.682. The molecule has 2 atom stereocenters. The molecule has 1 amide bonds. The molecular weight excluding hydrogens is 378 g/mol. The van der Waals surface area contributed by atoms with Gasteiger partial charge in [0, 0.05) is 57.6 Å². The van der Waals surface area contributed by atoms with Gasteiger partial charge in [-0.1, -0.05) is 6.42 Å². The van der Waals surface area contributed by atoms with Gasteiger partial charge in [0.15, 0.2) is 0 Å². The highest BCUT2D eigenvalue weighted by Gasteiger charge is 2.36. The minimum absolute atomic E-state index is 0.105.